The lowest BCUT2D eigenvalue weighted by Crippen LogP contribution is -2.33. The Hall–Kier alpha value is -2.62. The van der Waals surface area contributed by atoms with Crippen LogP contribution >= 0.6 is 0 Å². The molecule has 0 N–H and O–H groups in total. The Morgan fingerprint density at radius 1 is 1.00 bits per heavy atom. The van der Waals surface area contributed by atoms with Gasteiger partial charge in [0.15, 0.2) is 0 Å². The summed E-state index contributed by atoms with van der Waals surface area (Å²) in [6.07, 6.45) is 6.25. The number of rotatable bonds is 4. The van der Waals surface area contributed by atoms with Gasteiger partial charge in [-0.15, -0.1) is 0 Å². The highest BCUT2D eigenvalue weighted by Crippen LogP contribution is 2.36. The molecule has 0 spiro atoms. The Labute approximate surface area is 160 Å². The number of methoxy groups -OCH3 is 1. The number of amides is 1. The van der Waals surface area contributed by atoms with Crippen molar-refractivity contribution in [3.63, 3.8) is 0 Å². The first-order valence-corrected chi connectivity index (χ1v) is 9.86. The van der Waals surface area contributed by atoms with Crippen LogP contribution in [0.15, 0.2) is 59.7 Å². The molecule has 1 amide bonds. The fourth-order valence-corrected chi connectivity index (χ4v) is 4.14. The highest BCUT2D eigenvalue weighted by atomic mass is 16.5. The third kappa shape index (κ3) is 3.75. The van der Waals surface area contributed by atoms with E-state index in [9.17, 15) is 4.79 Å². The van der Waals surface area contributed by atoms with Gasteiger partial charge in [0.2, 0.25) is 5.91 Å². The third-order valence-electron chi connectivity index (χ3n) is 5.70. The maximum absolute atomic E-state index is 13.3. The van der Waals surface area contributed by atoms with E-state index in [0.29, 0.717) is 0 Å². The molecule has 1 fully saturated rings. The van der Waals surface area contributed by atoms with Gasteiger partial charge in [0, 0.05) is 12.3 Å². The molecule has 2 aliphatic rings. The summed E-state index contributed by atoms with van der Waals surface area (Å²) in [7, 11) is 1.67. The van der Waals surface area contributed by atoms with Crippen LogP contribution in [0, 0.1) is 5.92 Å². The average molecular weight is 362 g/mol. The summed E-state index contributed by atoms with van der Waals surface area (Å²) >= 11 is 0. The van der Waals surface area contributed by atoms with Crippen LogP contribution in [0.1, 0.15) is 55.7 Å². The predicted octanol–water partition coefficient (Wildman–Crippen LogP) is 4.95. The van der Waals surface area contributed by atoms with Crippen LogP contribution in [0.4, 0.5) is 0 Å². The highest BCUT2D eigenvalue weighted by Gasteiger charge is 2.36. The monoisotopic (exact) mass is 362 g/mol. The fourth-order valence-electron chi connectivity index (χ4n) is 4.14. The zero-order chi connectivity index (χ0) is 18.6. The van der Waals surface area contributed by atoms with E-state index in [2.05, 4.69) is 12.1 Å². The Kier molecular flexibility index (Phi) is 5.23. The molecule has 1 aliphatic heterocycles. The lowest BCUT2D eigenvalue weighted by molar-refractivity contribution is -0.138. The Morgan fingerprint density at radius 3 is 2.37 bits per heavy atom. The van der Waals surface area contributed by atoms with Crippen LogP contribution in [0.5, 0.6) is 5.75 Å². The second-order valence-corrected chi connectivity index (χ2v) is 7.42. The Morgan fingerprint density at radius 2 is 1.70 bits per heavy atom. The second kappa shape index (κ2) is 7.95. The first kappa shape index (κ1) is 17.8. The van der Waals surface area contributed by atoms with Gasteiger partial charge in [0.05, 0.1) is 18.9 Å². The summed E-state index contributed by atoms with van der Waals surface area (Å²) < 4.78 is 5.28. The molecule has 1 saturated carbocycles. The molecule has 27 heavy (non-hydrogen) atoms. The molecule has 0 unspecified atom stereocenters. The number of hydrogen-bond donors (Lipinski definition) is 0. The second-order valence-electron chi connectivity index (χ2n) is 7.42. The van der Waals surface area contributed by atoms with Gasteiger partial charge in [-0.2, -0.15) is 5.10 Å². The minimum atomic E-state index is -0.0412. The van der Waals surface area contributed by atoms with Crippen molar-refractivity contribution in [1.82, 2.24) is 5.01 Å². The van der Waals surface area contributed by atoms with Crippen LogP contribution < -0.4 is 4.74 Å². The number of nitrogens with zero attached hydrogens (tertiary/aromatic N) is 2. The molecule has 1 heterocycles. The Balaban J connectivity index is 1.64. The summed E-state index contributed by atoms with van der Waals surface area (Å²) in [6, 6.07) is 18.2. The molecule has 4 heteroatoms. The molecule has 1 atom stereocenters. The summed E-state index contributed by atoms with van der Waals surface area (Å²) in [6.45, 7) is 0. The van der Waals surface area contributed by atoms with Crippen LogP contribution in [0.25, 0.3) is 0 Å². The molecule has 4 nitrogen and oxygen atoms in total. The lowest BCUT2D eigenvalue weighted by Gasteiger charge is -2.28. The van der Waals surface area contributed by atoms with Crippen molar-refractivity contribution >= 4 is 11.6 Å². The topological polar surface area (TPSA) is 41.9 Å². The molecule has 1 aliphatic carbocycles. The third-order valence-corrected chi connectivity index (χ3v) is 5.70. The van der Waals surface area contributed by atoms with Crippen molar-refractivity contribution in [3.05, 3.63) is 65.7 Å². The molecule has 4 rings (SSSR count). The summed E-state index contributed by atoms with van der Waals surface area (Å²) in [5.74, 6) is 1.12. The van der Waals surface area contributed by atoms with E-state index in [1.54, 1.807) is 12.1 Å². The first-order valence-electron chi connectivity index (χ1n) is 9.86. The van der Waals surface area contributed by atoms with E-state index in [0.717, 1.165) is 54.7 Å². The lowest BCUT2D eigenvalue weighted by atomic mass is 9.88. The van der Waals surface area contributed by atoms with Crippen molar-refractivity contribution in [3.8, 4) is 5.75 Å². The van der Waals surface area contributed by atoms with Gasteiger partial charge in [-0.1, -0.05) is 61.7 Å². The van der Waals surface area contributed by atoms with Crippen LogP contribution in [-0.4, -0.2) is 23.7 Å². The number of ether oxygens (including phenoxy) is 1. The minimum Gasteiger partial charge on any atom is -0.497 e. The zero-order valence-corrected chi connectivity index (χ0v) is 15.8. The highest BCUT2D eigenvalue weighted by molar-refractivity contribution is 6.03. The van der Waals surface area contributed by atoms with Gasteiger partial charge in [0.1, 0.15) is 5.75 Å². The van der Waals surface area contributed by atoms with E-state index in [-0.39, 0.29) is 17.9 Å². The minimum absolute atomic E-state index is 0.0412. The Bertz CT molecular complexity index is 808. The van der Waals surface area contributed by atoms with Crippen molar-refractivity contribution in [1.29, 1.82) is 0 Å². The number of benzene rings is 2. The molecule has 0 radical (unpaired) electrons. The molecular weight excluding hydrogens is 336 g/mol. The standard InChI is InChI=1S/C23H26N2O2/c1-27-20-14-12-18(13-15-20)22-16-21(17-8-4-2-5-9-17)24-25(22)23(26)19-10-6-3-7-11-19/h2,4-5,8-9,12-15,19,22H,3,6-7,10-11,16H2,1H3/t22-/m0/s1. The molecule has 140 valence electrons. The van der Waals surface area contributed by atoms with E-state index >= 15 is 0 Å². The fraction of sp³-hybridized carbons (Fsp3) is 0.391. The normalized spacial score (nSPS) is 20.4. The summed E-state index contributed by atoms with van der Waals surface area (Å²) in [5.41, 5.74) is 3.19. The average Bonchev–Trinajstić information content (AvgIpc) is 3.20. The smallest absolute Gasteiger partial charge is 0.246 e. The number of hydrogen-bond acceptors (Lipinski definition) is 3. The van der Waals surface area contributed by atoms with Crippen LogP contribution in [-0.2, 0) is 4.79 Å². The zero-order valence-electron chi connectivity index (χ0n) is 15.8. The van der Waals surface area contributed by atoms with Gasteiger partial charge < -0.3 is 4.74 Å². The predicted molar refractivity (Wildman–Crippen MR) is 107 cm³/mol. The van der Waals surface area contributed by atoms with Gasteiger partial charge in [-0.3, -0.25) is 4.79 Å². The molecule has 2 aromatic carbocycles. The van der Waals surface area contributed by atoms with E-state index in [4.69, 9.17) is 9.84 Å². The quantitative estimate of drug-likeness (QED) is 0.772. The molecule has 0 aromatic heterocycles. The van der Waals surface area contributed by atoms with Crippen molar-refractivity contribution in [2.75, 3.05) is 7.11 Å². The number of carbonyl (C=O) groups excluding carboxylic acids is 1. The van der Waals surface area contributed by atoms with Gasteiger partial charge in [0.25, 0.3) is 0 Å². The van der Waals surface area contributed by atoms with Gasteiger partial charge in [-0.05, 0) is 36.1 Å². The maximum atomic E-state index is 13.3. The summed E-state index contributed by atoms with van der Waals surface area (Å²) in [4.78, 5) is 13.3. The number of hydrazone groups is 1. The largest absolute Gasteiger partial charge is 0.497 e. The van der Waals surface area contributed by atoms with Crippen molar-refractivity contribution in [2.24, 2.45) is 11.0 Å². The van der Waals surface area contributed by atoms with Crippen LogP contribution in [0.3, 0.4) is 0 Å². The molecule has 0 bridgehead atoms. The number of carbonyl (C=O) groups is 1. The first-order chi connectivity index (χ1) is 13.3. The van der Waals surface area contributed by atoms with E-state index in [1.165, 1.54) is 6.42 Å². The van der Waals surface area contributed by atoms with Crippen molar-refractivity contribution < 1.29 is 9.53 Å². The van der Waals surface area contributed by atoms with Gasteiger partial charge >= 0.3 is 0 Å². The SMILES string of the molecule is COc1ccc([C@@H]2CC(c3ccccc3)=NN2C(=O)C2CCCCC2)cc1. The van der Waals surface area contributed by atoms with Crippen molar-refractivity contribution in [2.45, 2.75) is 44.6 Å². The van der Waals surface area contributed by atoms with E-state index < -0.39 is 0 Å². The summed E-state index contributed by atoms with van der Waals surface area (Å²) in [5, 5.41) is 6.57. The molecule has 2 aromatic rings. The van der Waals surface area contributed by atoms with Gasteiger partial charge in [-0.25, -0.2) is 5.01 Å². The molecule has 0 saturated heterocycles. The molecular formula is C23H26N2O2. The maximum Gasteiger partial charge on any atom is 0.246 e. The van der Waals surface area contributed by atoms with E-state index in [1.807, 2.05) is 42.5 Å². The van der Waals surface area contributed by atoms with Crippen LogP contribution in [0.2, 0.25) is 0 Å².